The van der Waals surface area contributed by atoms with Gasteiger partial charge in [-0.25, -0.2) is 18.4 Å². The number of morpholine rings is 1. The fourth-order valence-electron chi connectivity index (χ4n) is 2.76. The minimum atomic E-state index is -3.85. The average Bonchev–Trinajstić information content (AvgIpc) is 2.65. The van der Waals surface area contributed by atoms with Crippen molar-refractivity contribution in [2.75, 3.05) is 43.0 Å². The van der Waals surface area contributed by atoms with Crippen LogP contribution in [-0.2, 0) is 14.8 Å². The Kier molecular flexibility index (Phi) is 5.73. The molecular weight excluding hydrogens is 392 g/mol. The van der Waals surface area contributed by atoms with Crippen molar-refractivity contribution in [1.29, 1.82) is 0 Å². The van der Waals surface area contributed by atoms with E-state index in [-0.39, 0.29) is 9.92 Å². The number of aromatic nitrogens is 2. The monoisotopic (exact) mass is 412 g/mol. The van der Waals surface area contributed by atoms with Crippen LogP contribution in [-0.4, -0.2) is 51.8 Å². The molecule has 1 fully saturated rings. The highest BCUT2D eigenvalue weighted by Crippen LogP contribution is 2.29. The fraction of sp³-hybridized carbons (Fsp3) is 0.412. The van der Waals surface area contributed by atoms with Gasteiger partial charge in [-0.1, -0.05) is 11.6 Å². The normalized spacial score (nSPS) is 14.9. The van der Waals surface area contributed by atoms with Gasteiger partial charge in [0, 0.05) is 13.1 Å². The van der Waals surface area contributed by atoms with Crippen molar-refractivity contribution in [2.45, 2.75) is 18.7 Å². The molecule has 0 spiro atoms. The summed E-state index contributed by atoms with van der Waals surface area (Å²) in [5.74, 6) is 0.977. The number of aryl methyl sites for hydroxylation is 2. The van der Waals surface area contributed by atoms with Crippen molar-refractivity contribution >= 4 is 33.3 Å². The van der Waals surface area contributed by atoms with E-state index in [1.807, 2.05) is 4.90 Å². The van der Waals surface area contributed by atoms with Crippen molar-refractivity contribution < 1.29 is 17.9 Å². The van der Waals surface area contributed by atoms with E-state index in [9.17, 15) is 8.42 Å². The molecule has 146 valence electrons. The van der Waals surface area contributed by atoms with Crippen molar-refractivity contribution in [3.63, 3.8) is 0 Å². The summed E-state index contributed by atoms with van der Waals surface area (Å²) in [5.41, 5.74) is 1.46. The van der Waals surface area contributed by atoms with Gasteiger partial charge in [0.25, 0.3) is 10.0 Å². The molecule has 1 aliphatic heterocycles. The Labute approximate surface area is 163 Å². The number of sulfonamides is 1. The van der Waals surface area contributed by atoms with Crippen molar-refractivity contribution in [3.05, 3.63) is 34.6 Å². The molecule has 2 aromatic rings. The third-order valence-corrected chi connectivity index (χ3v) is 5.87. The number of nitrogens with zero attached hydrogens (tertiary/aromatic N) is 3. The van der Waals surface area contributed by atoms with Crippen LogP contribution in [0.3, 0.4) is 0 Å². The molecule has 0 bridgehead atoms. The second-order valence-corrected chi connectivity index (χ2v) is 8.16. The van der Waals surface area contributed by atoms with Crippen LogP contribution in [0, 0.1) is 13.8 Å². The minimum Gasteiger partial charge on any atom is -0.495 e. The smallest absolute Gasteiger partial charge is 0.262 e. The Morgan fingerprint density at radius 1 is 1.19 bits per heavy atom. The maximum absolute atomic E-state index is 12.8. The zero-order chi connectivity index (χ0) is 19.6. The van der Waals surface area contributed by atoms with Crippen LogP contribution < -0.4 is 14.4 Å². The molecule has 8 nitrogen and oxygen atoms in total. The number of ether oxygens (including phenoxy) is 2. The van der Waals surface area contributed by atoms with Gasteiger partial charge >= 0.3 is 0 Å². The molecule has 1 aliphatic rings. The predicted molar refractivity (Wildman–Crippen MR) is 103 cm³/mol. The number of benzene rings is 1. The summed E-state index contributed by atoms with van der Waals surface area (Å²) in [7, 11) is -2.38. The largest absolute Gasteiger partial charge is 0.495 e. The van der Waals surface area contributed by atoms with E-state index < -0.39 is 10.0 Å². The third-order valence-electron chi connectivity index (χ3n) is 4.22. The number of rotatable bonds is 5. The lowest BCUT2D eigenvalue weighted by atomic mass is 10.3. The van der Waals surface area contributed by atoms with Crippen molar-refractivity contribution in [3.8, 4) is 5.75 Å². The first-order chi connectivity index (χ1) is 12.8. The van der Waals surface area contributed by atoms with Gasteiger partial charge in [-0.15, -0.1) is 0 Å². The molecule has 1 aromatic carbocycles. The Bertz CT molecular complexity index is 923. The maximum atomic E-state index is 12.8. The second-order valence-electron chi connectivity index (χ2n) is 6.07. The van der Waals surface area contributed by atoms with Gasteiger partial charge in [0.05, 0.1) is 47.3 Å². The molecule has 10 heteroatoms. The fourth-order valence-corrected chi connectivity index (χ4v) is 4.28. The predicted octanol–water partition coefficient (Wildman–Crippen LogP) is 2.39. The molecule has 2 heterocycles. The highest BCUT2D eigenvalue weighted by Gasteiger charge is 2.21. The number of hydrogen-bond donors (Lipinski definition) is 1. The standard InChI is InChI=1S/C17H21ClN4O4S/c1-11-16(12(2)20-17(19-11)22-6-8-26-9-7-22)21-27(23,24)13-4-5-15(25-3)14(18)10-13/h4-5,10,21H,6-9H2,1-3H3. The number of halogens is 1. The summed E-state index contributed by atoms with van der Waals surface area (Å²) in [4.78, 5) is 11.0. The molecule has 0 unspecified atom stereocenters. The van der Waals surface area contributed by atoms with Gasteiger partial charge in [-0.2, -0.15) is 0 Å². The summed E-state index contributed by atoms with van der Waals surface area (Å²) in [6.07, 6.45) is 0. The Balaban J connectivity index is 1.89. The Hall–Kier alpha value is -2.10. The van der Waals surface area contributed by atoms with Gasteiger partial charge in [-0.3, -0.25) is 4.72 Å². The maximum Gasteiger partial charge on any atom is 0.262 e. The van der Waals surface area contributed by atoms with Gasteiger partial charge < -0.3 is 14.4 Å². The molecular formula is C17H21ClN4O4S. The third kappa shape index (κ3) is 4.26. The highest BCUT2D eigenvalue weighted by atomic mass is 35.5. The molecule has 1 saturated heterocycles. The number of hydrogen-bond acceptors (Lipinski definition) is 7. The lowest BCUT2D eigenvalue weighted by Crippen LogP contribution is -2.37. The number of nitrogens with one attached hydrogen (secondary N) is 1. The lowest BCUT2D eigenvalue weighted by Gasteiger charge is -2.27. The van der Waals surface area contributed by atoms with Gasteiger partial charge in [0.1, 0.15) is 5.75 Å². The molecule has 1 aromatic heterocycles. The average molecular weight is 413 g/mol. The summed E-state index contributed by atoms with van der Waals surface area (Å²) in [6, 6.07) is 4.28. The second kappa shape index (κ2) is 7.87. The minimum absolute atomic E-state index is 0.0318. The Morgan fingerprint density at radius 3 is 2.37 bits per heavy atom. The van der Waals surface area contributed by atoms with Gasteiger partial charge in [0.15, 0.2) is 0 Å². The van der Waals surface area contributed by atoms with Crippen LogP contribution in [0.1, 0.15) is 11.4 Å². The lowest BCUT2D eigenvalue weighted by molar-refractivity contribution is 0.122. The summed E-state index contributed by atoms with van der Waals surface area (Å²) >= 11 is 6.05. The zero-order valence-electron chi connectivity index (χ0n) is 15.3. The molecule has 0 atom stereocenters. The molecule has 3 rings (SSSR count). The topological polar surface area (TPSA) is 93.7 Å². The first kappa shape index (κ1) is 19.7. The first-order valence-corrected chi connectivity index (χ1v) is 10.2. The number of anilines is 2. The van der Waals surface area contributed by atoms with Crippen molar-refractivity contribution in [1.82, 2.24) is 9.97 Å². The quantitative estimate of drug-likeness (QED) is 0.805. The molecule has 0 aliphatic carbocycles. The van der Waals surface area contributed by atoms with Crippen LogP contribution >= 0.6 is 11.6 Å². The number of methoxy groups -OCH3 is 1. The molecule has 0 amide bonds. The van der Waals surface area contributed by atoms with Gasteiger partial charge in [-0.05, 0) is 32.0 Å². The van der Waals surface area contributed by atoms with E-state index in [1.165, 1.54) is 25.3 Å². The first-order valence-electron chi connectivity index (χ1n) is 8.36. The van der Waals surface area contributed by atoms with Crippen LogP contribution in [0.15, 0.2) is 23.1 Å². The molecule has 1 N–H and O–H groups in total. The van der Waals surface area contributed by atoms with Gasteiger partial charge in [0.2, 0.25) is 5.95 Å². The van der Waals surface area contributed by atoms with Crippen LogP contribution in [0.4, 0.5) is 11.6 Å². The summed E-state index contributed by atoms with van der Waals surface area (Å²) in [6.45, 7) is 6.14. The van der Waals surface area contributed by atoms with E-state index >= 15 is 0 Å². The molecule has 0 saturated carbocycles. The van der Waals surface area contributed by atoms with Crippen LogP contribution in [0.2, 0.25) is 5.02 Å². The van der Waals surface area contributed by atoms with E-state index in [0.717, 1.165) is 0 Å². The Morgan fingerprint density at radius 2 is 1.81 bits per heavy atom. The van der Waals surface area contributed by atoms with Crippen molar-refractivity contribution in [2.24, 2.45) is 0 Å². The van der Waals surface area contributed by atoms with E-state index in [1.54, 1.807) is 13.8 Å². The SMILES string of the molecule is COc1ccc(S(=O)(=O)Nc2c(C)nc(N3CCOCC3)nc2C)cc1Cl. The highest BCUT2D eigenvalue weighted by molar-refractivity contribution is 7.92. The summed E-state index contributed by atoms with van der Waals surface area (Å²) in [5, 5.41) is 0.215. The zero-order valence-corrected chi connectivity index (χ0v) is 16.9. The van der Waals surface area contributed by atoms with Crippen LogP contribution in [0.25, 0.3) is 0 Å². The van der Waals surface area contributed by atoms with E-state index in [2.05, 4.69) is 14.7 Å². The van der Waals surface area contributed by atoms with E-state index in [0.29, 0.717) is 55.1 Å². The summed E-state index contributed by atoms with van der Waals surface area (Å²) < 4.78 is 38.5. The molecule has 0 radical (unpaired) electrons. The van der Waals surface area contributed by atoms with Crippen LogP contribution in [0.5, 0.6) is 5.75 Å². The van der Waals surface area contributed by atoms with E-state index in [4.69, 9.17) is 21.1 Å². The molecule has 27 heavy (non-hydrogen) atoms.